The summed E-state index contributed by atoms with van der Waals surface area (Å²) in [4.78, 5) is 24.1. The lowest BCUT2D eigenvalue weighted by molar-refractivity contribution is -0.137. The zero-order chi connectivity index (χ0) is 24.2. The molecule has 0 radical (unpaired) electrons. The molecule has 0 unspecified atom stereocenters. The number of hydrogen-bond donors (Lipinski definition) is 2. The topological polar surface area (TPSA) is 67.4 Å². The Labute approximate surface area is 183 Å². The van der Waals surface area contributed by atoms with Crippen LogP contribution in [0, 0.1) is 17.5 Å². The Morgan fingerprint density at radius 1 is 0.848 bits per heavy atom. The van der Waals surface area contributed by atoms with Crippen LogP contribution in [0.3, 0.4) is 0 Å². The first-order valence-corrected chi connectivity index (χ1v) is 9.19. The first kappa shape index (κ1) is 23.6. The van der Waals surface area contributed by atoms with Crippen LogP contribution < -0.4 is 15.4 Å². The van der Waals surface area contributed by atoms with Crippen molar-refractivity contribution in [1.82, 2.24) is 0 Å². The van der Waals surface area contributed by atoms with Crippen LogP contribution in [0.2, 0.25) is 0 Å². The normalized spacial score (nSPS) is 11.1. The van der Waals surface area contributed by atoms with Crippen LogP contribution in [-0.2, 0) is 11.0 Å². The lowest BCUT2D eigenvalue weighted by Crippen LogP contribution is -2.20. The lowest BCUT2D eigenvalue weighted by atomic mass is 10.2. The highest BCUT2D eigenvalue weighted by Crippen LogP contribution is 2.30. The van der Waals surface area contributed by atoms with E-state index in [1.54, 1.807) is 0 Å². The smallest absolute Gasteiger partial charge is 0.416 e. The summed E-state index contributed by atoms with van der Waals surface area (Å²) in [6.45, 7) is -0.526. The van der Waals surface area contributed by atoms with Crippen LogP contribution in [0.15, 0.2) is 60.7 Å². The van der Waals surface area contributed by atoms with Gasteiger partial charge in [0.1, 0.15) is 5.75 Å². The summed E-state index contributed by atoms with van der Waals surface area (Å²) in [7, 11) is 0. The molecule has 0 spiro atoms. The molecule has 0 aliphatic rings. The largest absolute Gasteiger partial charge is 0.484 e. The van der Waals surface area contributed by atoms with Crippen molar-refractivity contribution in [2.24, 2.45) is 0 Å². The average Bonchev–Trinajstić information content (AvgIpc) is 2.78. The van der Waals surface area contributed by atoms with E-state index in [0.29, 0.717) is 6.07 Å². The van der Waals surface area contributed by atoms with E-state index in [4.69, 9.17) is 4.74 Å². The minimum atomic E-state index is -4.55. The quantitative estimate of drug-likeness (QED) is 0.377. The van der Waals surface area contributed by atoms with E-state index in [-0.39, 0.29) is 17.0 Å². The van der Waals surface area contributed by atoms with Crippen LogP contribution in [0.25, 0.3) is 0 Å². The number of nitrogens with one attached hydrogen (secondary N) is 2. The van der Waals surface area contributed by atoms with E-state index in [0.717, 1.165) is 24.3 Å². The van der Waals surface area contributed by atoms with Gasteiger partial charge >= 0.3 is 6.18 Å². The molecule has 0 heterocycles. The number of amides is 2. The van der Waals surface area contributed by atoms with E-state index in [1.807, 2.05) is 0 Å². The lowest BCUT2D eigenvalue weighted by Gasteiger charge is -2.11. The fourth-order valence-electron chi connectivity index (χ4n) is 2.64. The number of anilines is 2. The molecule has 3 aromatic rings. The zero-order valence-corrected chi connectivity index (χ0v) is 16.5. The van der Waals surface area contributed by atoms with Crippen molar-refractivity contribution in [2.75, 3.05) is 17.2 Å². The number of rotatable bonds is 6. The van der Waals surface area contributed by atoms with Crippen LogP contribution in [0.1, 0.15) is 15.9 Å². The number of benzene rings is 3. The highest BCUT2D eigenvalue weighted by Gasteiger charge is 2.30. The molecule has 172 valence electrons. The van der Waals surface area contributed by atoms with Crippen LogP contribution in [-0.4, -0.2) is 18.4 Å². The number of hydrogen-bond acceptors (Lipinski definition) is 3. The maximum atomic E-state index is 13.7. The van der Waals surface area contributed by atoms with Crippen molar-refractivity contribution in [3.05, 3.63) is 89.2 Å². The maximum Gasteiger partial charge on any atom is 0.416 e. The summed E-state index contributed by atoms with van der Waals surface area (Å²) >= 11 is 0. The summed E-state index contributed by atoms with van der Waals surface area (Å²) in [5, 5.41) is 4.38. The van der Waals surface area contributed by atoms with Crippen LogP contribution >= 0.6 is 0 Å². The first-order valence-electron chi connectivity index (χ1n) is 9.19. The highest BCUT2D eigenvalue weighted by molar-refractivity contribution is 6.04. The van der Waals surface area contributed by atoms with Crippen molar-refractivity contribution < 1.29 is 40.7 Å². The standard InChI is InChI=1S/C22H14F6N2O3/c23-16-8-9-17(20(25)19(16)24)30-21(32)12-4-6-15(7-5-12)33-11-18(31)29-14-3-1-2-13(10-14)22(26,27)28/h1-10H,11H2,(H,29,31)(H,30,32). The Bertz CT molecular complexity index is 1180. The van der Waals surface area contributed by atoms with Gasteiger partial charge in [-0.1, -0.05) is 6.07 Å². The van der Waals surface area contributed by atoms with E-state index >= 15 is 0 Å². The van der Waals surface area contributed by atoms with Gasteiger partial charge in [-0.2, -0.15) is 13.2 Å². The maximum absolute atomic E-state index is 13.7. The molecule has 0 aliphatic heterocycles. The molecule has 5 nitrogen and oxygen atoms in total. The summed E-state index contributed by atoms with van der Waals surface area (Å²) in [5.41, 5.74) is -1.50. The Morgan fingerprint density at radius 3 is 2.21 bits per heavy atom. The molecule has 0 atom stereocenters. The molecular formula is C22H14F6N2O3. The molecule has 0 aromatic heterocycles. The van der Waals surface area contributed by atoms with Crippen LogP contribution in [0.4, 0.5) is 37.7 Å². The van der Waals surface area contributed by atoms with Gasteiger partial charge in [0.25, 0.3) is 11.8 Å². The van der Waals surface area contributed by atoms with E-state index in [1.165, 1.54) is 30.3 Å². The van der Waals surface area contributed by atoms with E-state index in [2.05, 4.69) is 10.6 Å². The zero-order valence-electron chi connectivity index (χ0n) is 16.5. The van der Waals surface area contributed by atoms with Gasteiger partial charge in [0.2, 0.25) is 0 Å². The predicted octanol–water partition coefficient (Wildman–Crippen LogP) is 5.39. The monoisotopic (exact) mass is 468 g/mol. The van der Waals surface area contributed by atoms with Crippen molar-refractivity contribution in [1.29, 1.82) is 0 Å². The van der Waals surface area contributed by atoms with Crippen molar-refractivity contribution >= 4 is 23.2 Å². The number of alkyl halides is 3. The van der Waals surface area contributed by atoms with Gasteiger partial charge in [-0.25, -0.2) is 13.2 Å². The summed E-state index contributed by atoms with van der Waals surface area (Å²) in [6, 6.07) is 10.8. The first-order chi connectivity index (χ1) is 15.5. The molecule has 2 N–H and O–H groups in total. The SMILES string of the molecule is O=C(COc1ccc(C(=O)Nc2ccc(F)c(F)c2F)cc1)Nc1cccc(C(F)(F)F)c1. The number of carbonyl (C=O) groups excluding carboxylic acids is 2. The molecule has 0 aliphatic carbocycles. The molecule has 3 rings (SSSR count). The highest BCUT2D eigenvalue weighted by atomic mass is 19.4. The molecule has 0 saturated carbocycles. The Kier molecular flexibility index (Phi) is 6.90. The van der Waals surface area contributed by atoms with Gasteiger partial charge in [-0.15, -0.1) is 0 Å². The number of ether oxygens (including phenoxy) is 1. The van der Waals surface area contributed by atoms with Crippen molar-refractivity contribution in [2.45, 2.75) is 6.18 Å². The van der Waals surface area contributed by atoms with Gasteiger partial charge in [0.05, 0.1) is 11.3 Å². The molecule has 11 heteroatoms. The fraction of sp³-hybridized carbons (Fsp3) is 0.0909. The van der Waals surface area contributed by atoms with Crippen LogP contribution in [0.5, 0.6) is 5.75 Å². The Morgan fingerprint density at radius 2 is 1.55 bits per heavy atom. The Hall–Kier alpha value is -4.02. The summed E-state index contributed by atoms with van der Waals surface area (Å²) in [5.74, 6) is -6.04. The molecule has 2 amide bonds. The van der Waals surface area contributed by atoms with Crippen molar-refractivity contribution in [3.63, 3.8) is 0 Å². The second kappa shape index (κ2) is 9.63. The molecular weight excluding hydrogens is 454 g/mol. The number of carbonyl (C=O) groups is 2. The minimum absolute atomic E-state index is 0.0277. The average molecular weight is 468 g/mol. The van der Waals surface area contributed by atoms with Gasteiger partial charge in [-0.3, -0.25) is 9.59 Å². The molecule has 33 heavy (non-hydrogen) atoms. The Balaban J connectivity index is 1.56. The van der Waals surface area contributed by atoms with Gasteiger partial charge in [0, 0.05) is 11.3 Å². The van der Waals surface area contributed by atoms with E-state index in [9.17, 15) is 35.9 Å². The second-order valence-electron chi connectivity index (χ2n) is 6.62. The molecule has 3 aromatic carbocycles. The molecule has 0 saturated heterocycles. The molecule has 0 bridgehead atoms. The van der Waals surface area contributed by atoms with E-state index < -0.39 is 53.3 Å². The van der Waals surface area contributed by atoms with Crippen molar-refractivity contribution in [3.8, 4) is 5.75 Å². The second-order valence-corrected chi connectivity index (χ2v) is 6.62. The molecule has 0 fully saturated rings. The minimum Gasteiger partial charge on any atom is -0.484 e. The number of halogens is 6. The third-order valence-corrected chi connectivity index (χ3v) is 4.24. The van der Waals surface area contributed by atoms with Gasteiger partial charge < -0.3 is 15.4 Å². The van der Waals surface area contributed by atoms with Gasteiger partial charge in [-0.05, 0) is 54.6 Å². The third-order valence-electron chi connectivity index (χ3n) is 4.24. The fourth-order valence-corrected chi connectivity index (χ4v) is 2.64. The predicted molar refractivity (Wildman–Crippen MR) is 106 cm³/mol. The summed E-state index contributed by atoms with van der Waals surface area (Å²) < 4.78 is 83.3. The van der Waals surface area contributed by atoms with Gasteiger partial charge in [0.15, 0.2) is 24.1 Å². The summed E-state index contributed by atoms with van der Waals surface area (Å²) in [6.07, 6.45) is -4.55. The third kappa shape index (κ3) is 6.03.